The highest BCUT2D eigenvalue weighted by Gasteiger charge is 2.08. The van der Waals surface area contributed by atoms with E-state index in [1.165, 1.54) is 0 Å². The van der Waals surface area contributed by atoms with Gasteiger partial charge in [0, 0.05) is 28.9 Å². The molecule has 2 rings (SSSR count). The number of rotatable bonds is 5. The molecule has 0 radical (unpaired) electrons. The predicted molar refractivity (Wildman–Crippen MR) is 82.8 cm³/mol. The van der Waals surface area contributed by atoms with Crippen LogP contribution < -0.4 is 10.1 Å². The summed E-state index contributed by atoms with van der Waals surface area (Å²) in [4.78, 5) is 15.9. The summed E-state index contributed by atoms with van der Waals surface area (Å²) in [6, 6.07) is 8.68. The van der Waals surface area contributed by atoms with Crippen molar-refractivity contribution in [2.75, 3.05) is 7.11 Å². The van der Waals surface area contributed by atoms with Crippen LogP contribution in [0.4, 0.5) is 0 Å². The number of halogens is 2. The number of benzene rings is 1. The zero-order chi connectivity index (χ0) is 15.2. The monoisotopic (exact) mass is 324 g/mol. The van der Waals surface area contributed by atoms with Crippen molar-refractivity contribution in [2.45, 2.75) is 13.0 Å². The lowest BCUT2D eigenvalue weighted by Crippen LogP contribution is -2.24. The first kappa shape index (κ1) is 15.6. The van der Waals surface area contributed by atoms with Crippen molar-refractivity contribution in [3.05, 3.63) is 57.7 Å². The Morgan fingerprint density at radius 2 is 2.10 bits per heavy atom. The highest BCUT2D eigenvalue weighted by Crippen LogP contribution is 2.21. The zero-order valence-corrected chi connectivity index (χ0v) is 12.9. The van der Waals surface area contributed by atoms with E-state index in [0.717, 1.165) is 11.1 Å². The van der Waals surface area contributed by atoms with Gasteiger partial charge in [-0.3, -0.25) is 4.79 Å². The minimum atomic E-state index is -0.116. The summed E-state index contributed by atoms with van der Waals surface area (Å²) in [5.74, 6) is 0.400. The fourth-order valence-corrected chi connectivity index (χ4v) is 2.25. The quantitative estimate of drug-likeness (QED) is 0.918. The van der Waals surface area contributed by atoms with Crippen LogP contribution in [0.3, 0.4) is 0 Å². The van der Waals surface area contributed by atoms with Crippen molar-refractivity contribution < 1.29 is 9.53 Å². The highest BCUT2D eigenvalue weighted by molar-refractivity contribution is 6.35. The van der Waals surface area contributed by atoms with Gasteiger partial charge in [-0.15, -0.1) is 0 Å². The minimum absolute atomic E-state index is 0.116. The Labute approximate surface area is 133 Å². The van der Waals surface area contributed by atoms with Gasteiger partial charge in [-0.2, -0.15) is 0 Å². The molecule has 0 spiro atoms. The Bertz CT molecular complexity index is 647. The maximum atomic E-state index is 11.9. The molecule has 1 amide bonds. The molecule has 0 aliphatic heterocycles. The summed E-state index contributed by atoms with van der Waals surface area (Å²) in [7, 11) is 1.55. The highest BCUT2D eigenvalue weighted by atomic mass is 35.5. The van der Waals surface area contributed by atoms with Gasteiger partial charge >= 0.3 is 0 Å². The molecule has 1 aromatic heterocycles. The van der Waals surface area contributed by atoms with Crippen LogP contribution in [0.5, 0.6) is 5.88 Å². The second kappa shape index (κ2) is 7.29. The number of pyridine rings is 1. The SMILES string of the molecule is COc1cc(CNC(=O)Cc2ccc(Cl)cc2Cl)ccn1. The van der Waals surface area contributed by atoms with Gasteiger partial charge in [-0.25, -0.2) is 4.98 Å². The maximum absolute atomic E-state index is 11.9. The fraction of sp³-hybridized carbons (Fsp3) is 0.200. The molecule has 0 saturated carbocycles. The normalized spacial score (nSPS) is 10.2. The Morgan fingerprint density at radius 1 is 1.29 bits per heavy atom. The Hall–Kier alpha value is -1.78. The van der Waals surface area contributed by atoms with E-state index in [-0.39, 0.29) is 12.3 Å². The van der Waals surface area contributed by atoms with Crippen molar-refractivity contribution in [1.29, 1.82) is 0 Å². The number of aromatic nitrogens is 1. The minimum Gasteiger partial charge on any atom is -0.481 e. The Morgan fingerprint density at radius 3 is 2.81 bits per heavy atom. The van der Waals surface area contributed by atoms with Crippen LogP contribution in [-0.2, 0) is 17.8 Å². The van der Waals surface area contributed by atoms with Crippen LogP contribution in [-0.4, -0.2) is 18.0 Å². The van der Waals surface area contributed by atoms with Crippen LogP contribution in [0.2, 0.25) is 10.0 Å². The summed E-state index contributed by atoms with van der Waals surface area (Å²) in [5, 5.41) is 3.86. The zero-order valence-electron chi connectivity index (χ0n) is 11.4. The molecule has 110 valence electrons. The molecule has 0 saturated heterocycles. The topological polar surface area (TPSA) is 51.2 Å². The Balaban J connectivity index is 1.92. The van der Waals surface area contributed by atoms with Crippen molar-refractivity contribution in [3.63, 3.8) is 0 Å². The number of amides is 1. The number of methoxy groups -OCH3 is 1. The van der Waals surface area contributed by atoms with Crippen LogP contribution in [0.25, 0.3) is 0 Å². The number of hydrogen-bond donors (Lipinski definition) is 1. The summed E-state index contributed by atoms with van der Waals surface area (Å²) in [5.41, 5.74) is 1.66. The molecule has 6 heteroatoms. The number of carbonyl (C=O) groups excluding carboxylic acids is 1. The average Bonchev–Trinajstić information content (AvgIpc) is 2.48. The lowest BCUT2D eigenvalue weighted by molar-refractivity contribution is -0.120. The van der Waals surface area contributed by atoms with E-state index in [2.05, 4.69) is 10.3 Å². The molecule has 0 unspecified atom stereocenters. The fourth-order valence-electron chi connectivity index (χ4n) is 1.77. The van der Waals surface area contributed by atoms with Crippen molar-refractivity contribution >= 4 is 29.1 Å². The van der Waals surface area contributed by atoms with Gasteiger partial charge < -0.3 is 10.1 Å². The molecule has 0 atom stereocenters. The van der Waals surface area contributed by atoms with E-state index in [1.807, 2.05) is 6.07 Å². The number of hydrogen-bond acceptors (Lipinski definition) is 3. The predicted octanol–water partition coefficient (Wildman–Crippen LogP) is 3.26. The molecule has 2 aromatic rings. The third-order valence-electron chi connectivity index (χ3n) is 2.86. The molecule has 1 heterocycles. The van der Waals surface area contributed by atoms with E-state index in [4.69, 9.17) is 27.9 Å². The van der Waals surface area contributed by atoms with Crippen molar-refractivity contribution in [2.24, 2.45) is 0 Å². The second-order valence-corrected chi connectivity index (χ2v) is 5.24. The van der Waals surface area contributed by atoms with Crippen LogP contribution in [0, 0.1) is 0 Å². The number of ether oxygens (including phenoxy) is 1. The van der Waals surface area contributed by atoms with Gasteiger partial charge in [0.05, 0.1) is 13.5 Å². The van der Waals surface area contributed by atoms with Gasteiger partial charge in [-0.1, -0.05) is 29.3 Å². The summed E-state index contributed by atoms with van der Waals surface area (Å²) < 4.78 is 5.03. The molecule has 1 N–H and O–H groups in total. The number of nitrogens with zero attached hydrogens (tertiary/aromatic N) is 1. The first-order valence-corrected chi connectivity index (χ1v) is 7.03. The van der Waals surface area contributed by atoms with Crippen molar-refractivity contribution in [3.8, 4) is 5.88 Å². The largest absolute Gasteiger partial charge is 0.481 e. The van der Waals surface area contributed by atoms with Crippen LogP contribution >= 0.6 is 23.2 Å². The third-order valence-corrected chi connectivity index (χ3v) is 3.45. The standard InChI is InChI=1S/C15H14Cl2N2O2/c1-21-15-6-10(4-5-18-15)9-19-14(20)7-11-2-3-12(16)8-13(11)17/h2-6,8H,7,9H2,1H3,(H,19,20). The average molecular weight is 325 g/mol. The smallest absolute Gasteiger partial charge is 0.224 e. The van der Waals surface area contributed by atoms with E-state index in [0.29, 0.717) is 22.5 Å². The lowest BCUT2D eigenvalue weighted by Gasteiger charge is -2.08. The molecule has 0 bridgehead atoms. The van der Waals surface area contributed by atoms with Gasteiger partial charge in [0.25, 0.3) is 0 Å². The van der Waals surface area contributed by atoms with E-state index >= 15 is 0 Å². The maximum Gasteiger partial charge on any atom is 0.224 e. The molecule has 21 heavy (non-hydrogen) atoms. The van der Waals surface area contributed by atoms with Crippen LogP contribution in [0.15, 0.2) is 36.5 Å². The first-order valence-electron chi connectivity index (χ1n) is 6.28. The van der Waals surface area contributed by atoms with Gasteiger partial charge in [-0.05, 0) is 29.3 Å². The molecule has 0 fully saturated rings. The molecule has 1 aromatic carbocycles. The molecule has 0 aliphatic rings. The van der Waals surface area contributed by atoms with Gasteiger partial charge in [0.15, 0.2) is 0 Å². The number of nitrogens with one attached hydrogen (secondary N) is 1. The lowest BCUT2D eigenvalue weighted by atomic mass is 10.1. The molecule has 0 aliphatic carbocycles. The van der Waals surface area contributed by atoms with Gasteiger partial charge in [0.1, 0.15) is 0 Å². The molecular formula is C15H14Cl2N2O2. The summed E-state index contributed by atoms with van der Waals surface area (Å²) in [6.07, 6.45) is 1.84. The van der Waals surface area contributed by atoms with E-state index in [9.17, 15) is 4.79 Å². The van der Waals surface area contributed by atoms with Gasteiger partial charge in [0.2, 0.25) is 11.8 Å². The Kier molecular flexibility index (Phi) is 5.42. The van der Waals surface area contributed by atoms with E-state index in [1.54, 1.807) is 37.6 Å². The number of carbonyl (C=O) groups is 1. The summed E-state index contributed by atoms with van der Waals surface area (Å²) in [6.45, 7) is 0.406. The molecule has 4 nitrogen and oxygen atoms in total. The first-order chi connectivity index (χ1) is 10.1. The summed E-state index contributed by atoms with van der Waals surface area (Å²) >= 11 is 11.9. The van der Waals surface area contributed by atoms with Crippen LogP contribution in [0.1, 0.15) is 11.1 Å². The van der Waals surface area contributed by atoms with Crippen molar-refractivity contribution in [1.82, 2.24) is 10.3 Å². The van der Waals surface area contributed by atoms with E-state index < -0.39 is 0 Å². The third kappa shape index (κ3) is 4.62. The molecular weight excluding hydrogens is 311 g/mol. The second-order valence-electron chi connectivity index (χ2n) is 4.40.